The first-order valence-electron chi connectivity index (χ1n) is 8.21. The molecule has 138 valence electrons. The zero-order chi connectivity index (χ0) is 19.2. The van der Waals surface area contributed by atoms with E-state index in [1.807, 2.05) is 30.3 Å². The van der Waals surface area contributed by atoms with Crippen LogP contribution in [0.2, 0.25) is 0 Å². The number of ether oxygens (including phenoxy) is 1. The van der Waals surface area contributed by atoms with Gasteiger partial charge < -0.3 is 15.2 Å². The molecular formula is C19H18N4O4. The third-order valence-corrected chi connectivity index (χ3v) is 3.88. The van der Waals surface area contributed by atoms with Gasteiger partial charge in [-0.15, -0.1) is 5.10 Å². The van der Waals surface area contributed by atoms with Crippen molar-refractivity contribution >= 4 is 11.9 Å². The molecule has 0 aliphatic carbocycles. The first-order chi connectivity index (χ1) is 13.1. The van der Waals surface area contributed by atoms with Crippen LogP contribution in [0.1, 0.15) is 16.1 Å². The standard InChI is InChI=1S/C19H18N4O4/c1-27-19(26)16(11-13-7-9-15(24)10-8-13)21-18(25)17-12-20-23(22-17)14-5-3-2-4-6-14/h2-10,12,16,24H,11H2,1H3,(H,21,25)/t16-/m1/s1. The zero-order valence-corrected chi connectivity index (χ0v) is 14.6. The van der Waals surface area contributed by atoms with Gasteiger partial charge in [-0.1, -0.05) is 30.3 Å². The predicted octanol–water partition coefficient (Wildman–Crippen LogP) is 1.49. The number of rotatable bonds is 6. The molecule has 0 spiro atoms. The summed E-state index contributed by atoms with van der Waals surface area (Å²) >= 11 is 0. The van der Waals surface area contributed by atoms with E-state index in [2.05, 4.69) is 15.5 Å². The summed E-state index contributed by atoms with van der Waals surface area (Å²) in [6.07, 6.45) is 1.54. The number of hydrogen-bond donors (Lipinski definition) is 2. The average Bonchev–Trinajstić information content (AvgIpc) is 3.19. The number of amides is 1. The molecule has 0 saturated carbocycles. The van der Waals surface area contributed by atoms with E-state index in [0.717, 1.165) is 5.56 Å². The van der Waals surface area contributed by atoms with Crippen LogP contribution in [0.5, 0.6) is 5.75 Å². The van der Waals surface area contributed by atoms with Gasteiger partial charge in [-0.2, -0.15) is 9.90 Å². The van der Waals surface area contributed by atoms with Crippen molar-refractivity contribution in [3.8, 4) is 11.4 Å². The van der Waals surface area contributed by atoms with Gasteiger partial charge in [0.1, 0.15) is 11.8 Å². The number of phenols is 1. The number of benzene rings is 2. The Morgan fingerprint density at radius 3 is 2.52 bits per heavy atom. The van der Waals surface area contributed by atoms with E-state index in [1.54, 1.807) is 12.1 Å². The smallest absolute Gasteiger partial charge is 0.328 e. The summed E-state index contributed by atoms with van der Waals surface area (Å²) in [5.74, 6) is -0.992. The minimum absolute atomic E-state index is 0.0819. The van der Waals surface area contributed by atoms with Crippen LogP contribution in [0.15, 0.2) is 60.8 Å². The summed E-state index contributed by atoms with van der Waals surface area (Å²) < 4.78 is 4.78. The minimum atomic E-state index is -0.895. The summed E-state index contributed by atoms with van der Waals surface area (Å²) in [4.78, 5) is 25.9. The van der Waals surface area contributed by atoms with Crippen LogP contribution in [0.3, 0.4) is 0 Å². The molecule has 2 aromatic carbocycles. The van der Waals surface area contributed by atoms with Crippen LogP contribution >= 0.6 is 0 Å². The normalized spacial score (nSPS) is 11.6. The topological polar surface area (TPSA) is 106 Å². The van der Waals surface area contributed by atoms with Gasteiger partial charge in [-0.3, -0.25) is 4.79 Å². The molecule has 1 heterocycles. The van der Waals surface area contributed by atoms with Gasteiger partial charge in [0.05, 0.1) is 19.0 Å². The predicted molar refractivity (Wildman–Crippen MR) is 96.4 cm³/mol. The number of esters is 1. The third-order valence-electron chi connectivity index (χ3n) is 3.88. The second-order valence-electron chi connectivity index (χ2n) is 5.77. The number of phenolic OH excluding ortho intramolecular Hbond substituents is 1. The average molecular weight is 366 g/mol. The molecule has 0 unspecified atom stereocenters. The molecule has 3 aromatic rings. The highest BCUT2D eigenvalue weighted by Gasteiger charge is 2.24. The number of carbonyl (C=O) groups excluding carboxylic acids is 2. The highest BCUT2D eigenvalue weighted by molar-refractivity contribution is 5.95. The van der Waals surface area contributed by atoms with Crippen molar-refractivity contribution in [3.63, 3.8) is 0 Å². The van der Waals surface area contributed by atoms with Crippen molar-refractivity contribution in [1.82, 2.24) is 20.3 Å². The van der Waals surface area contributed by atoms with Crippen LogP contribution in [0, 0.1) is 0 Å². The van der Waals surface area contributed by atoms with Gasteiger partial charge >= 0.3 is 5.97 Å². The van der Waals surface area contributed by atoms with Crippen molar-refractivity contribution in [1.29, 1.82) is 0 Å². The molecule has 27 heavy (non-hydrogen) atoms. The molecule has 3 rings (SSSR count). The summed E-state index contributed by atoms with van der Waals surface area (Å²) in [5.41, 5.74) is 1.56. The molecule has 8 nitrogen and oxygen atoms in total. The van der Waals surface area contributed by atoms with Gasteiger partial charge in [0.2, 0.25) is 0 Å². The largest absolute Gasteiger partial charge is 0.508 e. The van der Waals surface area contributed by atoms with Gasteiger partial charge in [0.15, 0.2) is 5.69 Å². The van der Waals surface area contributed by atoms with Gasteiger partial charge in [-0.05, 0) is 29.8 Å². The van der Waals surface area contributed by atoms with E-state index < -0.39 is 17.9 Å². The van der Waals surface area contributed by atoms with Crippen LogP contribution in [-0.2, 0) is 16.0 Å². The summed E-state index contributed by atoms with van der Waals surface area (Å²) in [6, 6.07) is 14.6. The minimum Gasteiger partial charge on any atom is -0.508 e. The van der Waals surface area contributed by atoms with Crippen molar-refractivity contribution in [2.24, 2.45) is 0 Å². The summed E-state index contributed by atoms with van der Waals surface area (Å²) in [6.45, 7) is 0. The molecule has 2 N–H and O–H groups in total. The highest BCUT2D eigenvalue weighted by atomic mass is 16.5. The van der Waals surface area contributed by atoms with Crippen molar-refractivity contribution < 1.29 is 19.4 Å². The number of carbonyl (C=O) groups is 2. The number of aromatic nitrogens is 3. The second kappa shape index (κ2) is 8.13. The van der Waals surface area contributed by atoms with E-state index in [9.17, 15) is 14.7 Å². The Balaban J connectivity index is 1.73. The quantitative estimate of drug-likeness (QED) is 0.640. The van der Waals surface area contributed by atoms with E-state index in [1.165, 1.54) is 30.2 Å². The summed E-state index contributed by atoms with van der Waals surface area (Å²) in [5, 5.41) is 20.2. The fourth-order valence-electron chi connectivity index (χ4n) is 2.49. The highest BCUT2D eigenvalue weighted by Crippen LogP contribution is 2.12. The van der Waals surface area contributed by atoms with Gasteiger partial charge in [0, 0.05) is 6.42 Å². The Bertz CT molecular complexity index is 922. The third kappa shape index (κ3) is 4.49. The number of methoxy groups -OCH3 is 1. The molecule has 0 aliphatic heterocycles. The molecule has 0 radical (unpaired) electrons. The fraction of sp³-hybridized carbons (Fsp3) is 0.158. The lowest BCUT2D eigenvalue weighted by atomic mass is 10.1. The Hall–Kier alpha value is -3.68. The second-order valence-corrected chi connectivity index (χ2v) is 5.77. The van der Waals surface area contributed by atoms with Crippen LogP contribution in [0.25, 0.3) is 5.69 Å². The fourth-order valence-corrected chi connectivity index (χ4v) is 2.49. The lowest BCUT2D eigenvalue weighted by molar-refractivity contribution is -0.142. The Morgan fingerprint density at radius 1 is 1.15 bits per heavy atom. The summed E-state index contributed by atoms with van der Waals surface area (Å²) in [7, 11) is 1.25. The Labute approximate surface area is 155 Å². The van der Waals surface area contributed by atoms with E-state index >= 15 is 0 Å². The lowest BCUT2D eigenvalue weighted by Crippen LogP contribution is -2.43. The number of hydrogen-bond acceptors (Lipinski definition) is 6. The van der Waals surface area contributed by atoms with Crippen LogP contribution in [0.4, 0.5) is 0 Å². The first-order valence-corrected chi connectivity index (χ1v) is 8.21. The monoisotopic (exact) mass is 366 g/mol. The molecule has 1 aromatic heterocycles. The Kier molecular flexibility index (Phi) is 5.46. The maximum absolute atomic E-state index is 12.5. The van der Waals surface area contributed by atoms with Crippen molar-refractivity contribution in [2.75, 3.05) is 7.11 Å². The zero-order valence-electron chi connectivity index (χ0n) is 14.6. The SMILES string of the molecule is COC(=O)[C@@H](Cc1ccc(O)cc1)NC(=O)c1cnn(-c2ccccc2)n1. The van der Waals surface area contributed by atoms with Gasteiger partial charge in [0.25, 0.3) is 5.91 Å². The molecule has 1 atom stereocenters. The van der Waals surface area contributed by atoms with Gasteiger partial charge in [-0.25, -0.2) is 4.79 Å². The molecule has 1 amide bonds. The maximum atomic E-state index is 12.5. The van der Waals surface area contributed by atoms with E-state index in [4.69, 9.17) is 4.74 Å². The van der Waals surface area contributed by atoms with Crippen molar-refractivity contribution in [3.05, 3.63) is 72.1 Å². The van der Waals surface area contributed by atoms with Crippen LogP contribution < -0.4 is 5.32 Å². The number of aromatic hydroxyl groups is 1. The first kappa shape index (κ1) is 18.1. The van der Waals surface area contributed by atoms with E-state index in [0.29, 0.717) is 5.69 Å². The molecule has 0 saturated heterocycles. The number of nitrogens with one attached hydrogen (secondary N) is 1. The Morgan fingerprint density at radius 2 is 1.85 bits per heavy atom. The molecule has 8 heteroatoms. The lowest BCUT2D eigenvalue weighted by Gasteiger charge is -2.16. The van der Waals surface area contributed by atoms with E-state index in [-0.39, 0.29) is 17.9 Å². The number of nitrogens with zero attached hydrogens (tertiary/aromatic N) is 3. The molecular weight excluding hydrogens is 348 g/mol. The molecule has 0 fully saturated rings. The number of para-hydroxylation sites is 1. The maximum Gasteiger partial charge on any atom is 0.328 e. The molecule has 0 bridgehead atoms. The van der Waals surface area contributed by atoms with Crippen molar-refractivity contribution in [2.45, 2.75) is 12.5 Å². The molecule has 0 aliphatic rings. The van der Waals surface area contributed by atoms with Crippen LogP contribution in [-0.4, -0.2) is 45.1 Å².